The number of carbonyl (C=O) groups is 2. The molecule has 0 fully saturated rings. The molecule has 0 bridgehead atoms. The summed E-state index contributed by atoms with van der Waals surface area (Å²) in [4.78, 5) is 25.3. The van der Waals surface area contributed by atoms with Crippen LogP contribution in [0.3, 0.4) is 0 Å². The summed E-state index contributed by atoms with van der Waals surface area (Å²) in [5.41, 5.74) is 0. The molecular formula is C15H25N3O4. The Morgan fingerprint density at radius 3 is 2.64 bits per heavy atom. The number of unbranched alkanes of at least 4 members (excludes halogenated alkanes) is 1. The topological polar surface area (TPSA) is 95.7 Å². The SMILES string of the molecule is CCCCC(C(=O)Nc1cc(C)on1)N(CCC)CC(=O)O. The van der Waals surface area contributed by atoms with Gasteiger partial charge in [-0.2, -0.15) is 0 Å². The number of carbonyl (C=O) groups excluding carboxylic acids is 1. The number of anilines is 1. The molecule has 1 atom stereocenters. The third-order valence-electron chi connectivity index (χ3n) is 3.30. The number of rotatable bonds is 10. The van der Waals surface area contributed by atoms with Crippen LogP contribution >= 0.6 is 0 Å². The second-order valence-corrected chi connectivity index (χ2v) is 5.33. The summed E-state index contributed by atoms with van der Waals surface area (Å²) in [6, 6.07) is 1.16. The van der Waals surface area contributed by atoms with Crippen LogP contribution in [0.1, 0.15) is 45.3 Å². The fraction of sp³-hybridized carbons (Fsp3) is 0.667. The number of aromatic nitrogens is 1. The molecule has 7 nitrogen and oxygen atoms in total. The Hall–Kier alpha value is -1.89. The lowest BCUT2D eigenvalue weighted by molar-refractivity contribution is -0.139. The lowest BCUT2D eigenvalue weighted by Crippen LogP contribution is -2.46. The molecular weight excluding hydrogens is 286 g/mol. The Labute approximate surface area is 130 Å². The van der Waals surface area contributed by atoms with Gasteiger partial charge in [0, 0.05) is 6.07 Å². The number of aliphatic carboxylic acids is 1. The van der Waals surface area contributed by atoms with Crippen LogP contribution in [0.25, 0.3) is 0 Å². The van der Waals surface area contributed by atoms with Gasteiger partial charge < -0.3 is 14.9 Å². The summed E-state index contributed by atoms with van der Waals surface area (Å²) in [7, 11) is 0. The van der Waals surface area contributed by atoms with E-state index in [-0.39, 0.29) is 12.5 Å². The lowest BCUT2D eigenvalue weighted by atomic mass is 10.1. The maximum absolute atomic E-state index is 12.5. The molecule has 1 heterocycles. The van der Waals surface area contributed by atoms with Gasteiger partial charge in [0.1, 0.15) is 5.76 Å². The number of nitrogens with zero attached hydrogens (tertiary/aromatic N) is 2. The molecule has 0 aliphatic heterocycles. The van der Waals surface area contributed by atoms with Crippen molar-refractivity contribution in [3.05, 3.63) is 11.8 Å². The summed E-state index contributed by atoms with van der Waals surface area (Å²) < 4.78 is 4.93. The molecule has 0 saturated heterocycles. The van der Waals surface area contributed by atoms with Crippen molar-refractivity contribution < 1.29 is 19.2 Å². The molecule has 124 valence electrons. The molecule has 0 saturated carbocycles. The molecule has 0 aliphatic rings. The summed E-state index contributed by atoms with van der Waals surface area (Å²) in [6.45, 7) is 6.16. The number of nitrogens with one attached hydrogen (secondary N) is 1. The molecule has 1 aromatic heterocycles. The van der Waals surface area contributed by atoms with E-state index in [1.165, 1.54) is 0 Å². The van der Waals surface area contributed by atoms with Gasteiger partial charge in [0.15, 0.2) is 5.82 Å². The van der Waals surface area contributed by atoms with E-state index >= 15 is 0 Å². The molecule has 0 aliphatic carbocycles. The fourth-order valence-corrected chi connectivity index (χ4v) is 2.32. The highest BCUT2D eigenvalue weighted by Crippen LogP contribution is 2.14. The molecule has 0 aromatic carbocycles. The van der Waals surface area contributed by atoms with E-state index in [1.54, 1.807) is 17.9 Å². The number of hydrogen-bond acceptors (Lipinski definition) is 5. The van der Waals surface area contributed by atoms with Crippen LogP contribution in [0.5, 0.6) is 0 Å². The van der Waals surface area contributed by atoms with E-state index < -0.39 is 12.0 Å². The van der Waals surface area contributed by atoms with Crippen LogP contribution in [-0.4, -0.2) is 46.2 Å². The van der Waals surface area contributed by atoms with Gasteiger partial charge in [0.25, 0.3) is 0 Å². The standard InChI is InChI=1S/C15H25N3O4/c1-4-6-7-12(18(8-5-2)10-14(19)20)15(21)16-13-9-11(3)22-17-13/h9,12H,4-8,10H2,1-3H3,(H,19,20)(H,16,17,21). The minimum Gasteiger partial charge on any atom is -0.480 e. The van der Waals surface area contributed by atoms with Crippen molar-refractivity contribution in [3.63, 3.8) is 0 Å². The summed E-state index contributed by atoms with van der Waals surface area (Å²) >= 11 is 0. The van der Waals surface area contributed by atoms with Gasteiger partial charge in [-0.1, -0.05) is 31.8 Å². The highest BCUT2D eigenvalue weighted by atomic mass is 16.5. The first-order chi connectivity index (χ1) is 10.5. The Morgan fingerprint density at radius 2 is 2.14 bits per heavy atom. The third-order valence-corrected chi connectivity index (χ3v) is 3.30. The second-order valence-electron chi connectivity index (χ2n) is 5.33. The molecule has 1 rings (SSSR count). The first-order valence-corrected chi connectivity index (χ1v) is 7.67. The molecule has 7 heteroatoms. The average Bonchev–Trinajstić information content (AvgIpc) is 2.84. The molecule has 22 heavy (non-hydrogen) atoms. The van der Waals surface area contributed by atoms with Crippen LogP contribution in [-0.2, 0) is 9.59 Å². The first kappa shape index (κ1) is 18.2. The average molecular weight is 311 g/mol. The highest BCUT2D eigenvalue weighted by Gasteiger charge is 2.27. The van der Waals surface area contributed by atoms with Gasteiger partial charge in [-0.3, -0.25) is 14.5 Å². The number of carboxylic acids is 1. The van der Waals surface area contributed by atoms with Crippen LogP contribution in [0.2, 0.25) is 0 Å². The zero-order valence-corrected chi connectivity index (χ0v) is 13.5. The second kappa shape index (κ2) is 9.19. The van der Waals surface area contributed by atoms with Crippen molar-refractivity contribution in [1.29, 1.82) is 0 Å². The quantitative estimate of drug-likeness (QED) is 0.688. The monoisotopic (exact) mass is 311 g/mol. The van der Waals surface area contributed by atoms with Gasteiger partial charge in [-0.25, -0.2) is 0 Å². The van der Waals surface area contributed by atoms with Crippen molar-refractivity contribution in [3.8, 4) is 0 Å². The van der Waals surface area contributed by atoms with Crippen LogP contribution in [0, 0.1) is 6.92 Å². The zero-order valence-electron chi connectivity index (χ0n) is 13.5. The van der Waals surface area contributed by atoms with Crippen molar-refractivity contribution in [2.75, 3.05) is 18.4 Å². The molecule has 2 N–H and O–H groups in total. The maximum Gasteiger partial charge on any atom is 0.317 e. The van der Waals surface area contributed by atoms with E-state index in [2.05, 4.69) is 10.5 Å². The smallest absolute Gasteiger partial charge is 0.317 e. The Morgan fingerprint density at radius 1 is 1.41 bits per heavy atom. The van der Waals surface area contributed by atoms with Crippen molar-refractivity contribution in [2.45, 2.75) is 52.5 Å². The lowest BCUT2D eigenvalue weighted by Gasteiger charge is -2.28. The van der Waals surface area contributed by atoms with Gasteiger partial charge in [-0.05, 0) is 26.3 Å². The van der Waals surface area contributed by atoms with Crippen LogP contribution < -0.4 is 5.32 Å². The van der Waals surface area contributed by atoms with Crippen molar-refractivity contribution in [2.24, 2.45) is 0 Å². The third kappa shape index (κ3) is 5.85. The molecule has 1 unspecified atom stereocenters. The normalized spacial score (nSPS) is 12.4. The van der Waals surface area contributed by atoms with Gasteiger partial charge >= 0.3 is 5.97 Å². The number of hydrogen-bond donors (Lipinski definition) is 2. The predicted octanol–water partition coefficient (Wildman–Crippen LogP) is 2.28. The van der Waals surface area contributed by atoms with Crippen molar-refractivity contribution in [1.82, 2.24) is 10.1 Å². The number of carboxylic acid groups (broad SMARTS) is 1. The minimum absolute atomic E-state index is 0.145. The van der Waals surface area contributed by atoms with Gasteiger partial charge in [0.2, 0.25) is 5.91 Å². The maximum atomic E-state index is 12.5. The van der Waals surface area contributed by atoms with E-state index in [1.807, 2.05) is 13.8 Å². The highest BCUT2D eigenvalue weighted by molar-refractivity contribution is 5.94. The number of amides is 1. The van der Waals surface area contributed by atoms with E-state index in [9.17, 15) is 9.59 Å². The predicted molar refractivity (Wildman–Crippen MR) is 82.7 cm³/mol. The van der Waals surface area contributed by atoms with Crippen LogP contribution in [0.15, 0.2) is 10.6 Å². The molecule has 0 spiro atoms. The fourth-order valence-electron chi connectivity index (χ4n) is 2.32. The summed E-state index contributed by atoms with van der Waals surface area (Å²) in [5.74, 6) is -0.205. The Kier molecular flexibility index (Phi) is 7.59. The molecule has 1 aromatic rings. The Bertz CT molecular complexity index is 487. The van der Waals surface area contributed by atoms with E-state index in [4.69, 9.17) is 9.63 Å². The molecule has 1 amide bonds. The number of aryl methyl sites for hydroxylation is 1. The van der Waals surface area contributed by atoms with Gasteiger partial charge in [-0.15, -0.1) is 0 Å². The van der Waals surface area contributed by atoms with E-state index in [0.717, 1.165) is 19.3 Å². The van der Waals surface area contributed by atoms with Gasteiger partial charge in [0.05, 0.1) is 12.6 Å². The summed E-state index contributed by atoms with van der Waals surface area (Å²) in [5, 5.41) is 15.5. The Balaban J connectivity index is 2.82. The summed E-state index contributed by atoms with van der Waals surface area (Å²) in [6.07, 6.45) is 3.20. The minimum atomic E-state index is -0.931. The first-order valence-electron chi connectivity index (χ1n) is 7.67. The van der Waals surface area contributed by atoms with Crippen LogP contribution in [0.4, 0.5) is 5.82 Å². The largest absolute Gasteiger partial charge is 0.480 e. The zero-order chi connectivity index (χ0) is 16.5. The van der Waals surface area contributed by atoms with E-state index in [0.29, 0.717) is 24.5 Å². The molecule has 0 radical (unpaired) electrons. The van der Waals surface area contributed by atoms with Crippen molar-refractivity contribution >= 4 is 17.7 Å².